The molecule has 4 heteroatoms. The van der Waals surface area contributed by atoms with Gasteiger partial charge in [-0.1, -0.05) is 37.3 Å². The highest BCUT2D eigenvalue weighted by molar-refractivity contribution is 5.95. The molecule has 1 amide bonds. The number of hydrazine groups is 1. The molecule has 0 fully saturated rings. The Kier molecular flexibility index (Phi) is 5.32. The van der Waals surface area contributed by atoms with Crippen LogP contribution in [0.2, 0.25) is 0 Å². The van der Waals surface area contributed by atoms with Crippen LogP contribution in [-0.4, -0.2) is 12.5 Å². The molecule has 1 aliphatic carbocycles. The van der Waals surface area contributed by atoms with Gasteiger partial charge in [0.25, 0.3) is 5.91 Å². The maximum absolute atomic E-state index is 11.7. The average molecular weight is 274 g/mol. The van der Waals surface area contributed by atoms with Gasteiger partial charge in [0.15, 0.2) is 0 Å². The van der Waals surface area contributed by atoms with Crippen molar-refractivity contribution in [1.82, 2.24) is 5.43 Å². The molecule has 0 aliphatic heterocycles. The number of carbonyl (C=O) groups excluding carboxylic acids is 1. The van der Waals surface area contributed by atoms with Crippen LogP contribution in [0.5, 0.6) is 0 Å². The minimum atomic E-state index is -0.279. The number of rotatable bonds is 5. The summed E-state index contributed by atoms with van der Waals surface area (Å²) in [4.78, 5) is 11.7. The van der Waals surface area contributed by atoms with Crippen molar-refractivity contribution in [2.24, 2.45) is 17.7 Å². The van der Waals surface area contributed by atoms with Gasteiger partial charge in [0.1, 0.15) is 0 Å². The molecule has 0 radical (unpaired) electrons. The van der Waals surface area contributed by atoms with Gasteiger partial charge in [0.2, 0.25) is 0 Å². The van der Waals surface area contributed by atoms with Gasteiger partial charge in [-0.25, -0.2) is 5.84 Å². The molecule has 2 unspecified atom stereocenters. The molecular weight excluding hydrogens is 252 g/mol. The first-order chi connectivity index (χ1) is 9.72. The number of ether oxygens (including phenoxy) is 1. The van der Waals surface area contributed by atoms with Crippen LogP contribution in [0.4, 0.5) is 0 Å². The van der Waals surface area contributed by atoms with Crippen molar-refractivity contribution >= 4 is 5.91 Å². The summed E-state index contributed by atoms with van der Waals surface area (Å²) < 4.78 is 5.81. The van der Waals surface area contributed by atoms with Crippen molar-refractivity contribution in [1.29, 1.82) is 0 Å². The highest BCUT2D eigenvalue weighted by Crippen LogP contribution is 2.25. The molecule has 2 rings (SSSR count). The molecule has 1 aliphatic rings. The van der Waals surface area contributed by atoms with E-state index in [1.807, 2.05) is 18.2 Å². The third-order valence-electron chi connectivity index (χ3n) is 3.90. The van der Waals surface area contributed by atoms with E-state index in [1.165, 1.54) is 0 Å². The normalized spacial score (nSPS) is 21.7. The maximum Gasteiger partial charge on any atom is 0.265 e. The van der Waals surface area contributed by atoms with E-state index in [2.05, 4.69) is 24.5 Å². The molecule has 0 aromatic heterocycles. The maximum atomic E-state index is 11.7. The largest absolute Gasteiger partial charge is 0.376 e. The Morgan fingerprint density at radius 3 is 2.85 bits per heavy atom. The first-order valence-electron chi connectivity index (χ1n) is 7.04. The lowest BCUT2D eigenvalue weighted by molar-refractivity contribution is 0.0670. The lowest BCUT2D eigenvalue weighted by atomic mass is 9.85. The molecule has 4 nitrogen and oxygen atoms in total. The number of carbonyl (C=O) groups is 1. The number of amides is 1. The smallest absolute Gasteiger partial charge is 0.265 e. The fourth-order valence-electron chi connectivity index (χ4n) is 2.50. The third kappa shape index (κ3) is 3.68. The predicted molar refractivity (Wildman–Crippen MR) is 78.8 cm³/mol. The van der Waals surface area contributed by atoms with Crippen LogP contribution in [-0.2, 0) is 11.3 Å². The van der Waals surface area contributed by atoms with Crippen molar-refractivity contribution in [3.63, 3.8) is 0 Å². The Morgan fingerprint density at radius 2 is 2.10 bits per heavy atom. The average Bonchev–Trinajstić information content (AvgIpc) is 2.49. The third-order valence-corrected chi connectivity index (χ3v) is 3.90. The van der Waals surface area contributed by atoms with Crippen LogP contribution < -0.4 is 11.3 Å². The molecule has 1 aromatic carbocycles. The second-order valence-corrected chi connectivity index (χ2v) is 5.33. The summed E-state index contributed by atoms with van der Waals surface area (Å²) in [6.07, 6.45) is 6.66. The predicted octanol–water partition coefficient (Wildman–Crippen LogP) is 2.41. The second-order valence-electron chi connectivity index (χ2n) is 5.33. The molecule has 0 saturated carbocycles. The van der Waals surface area contributed by atoms with Gasteiger partial charge in [-0.05, 0) is 36.3 Å². The summed E-state index contributed by atoms with van der Waals surface area (Å²) in [6.45, 7) is 3.42. The van der Waals surface area contributed by atoms with E-state index in [0.717, 1.165) is 25.0 Å². The van der Waals surface area contributed by atoms with E-state index in [4.69, 9.17) is 10.6 Å². The zero-order valence-electron chi connectivity index (χ0n) is 11.8. The molecular formula is C16H22N2O2. The fourth-order valence-corrected chi connectivity index (χ4v) is 2.50. The molecule has 2 atom stereocenters. The summed E-state index contributed by atoms with van der Waals surface area (Å²) in [6, 6.07) is 7.38. The molecule has 1 aromatic rings. The van der Waals surface area contributed by atoms with Gasteiger partial charge in [-0.2, -0.15) is 0 Å². The van der Waals surface area contributed by atoms with E-state index < -0.39 is 0 Å². The van der Waals surface area contributed by atoms with Crippen molar-refractivity contribution < 1.29 is 9.53 Å². The zero-order valence-corrected chi connectivity index (χ0v) is 11.8. The standard InChI is InChI=1S/C16H22N2O2/c1-12-6-2-3-7-13(12)10-20-11-14-8-4-5-9-15(14)16(19)18-17/h2-5,8-9,12-13H,6-7,10-11,17H2,1H3,(H,18,19). The SMILES string of the molecule is CC1CC=CCC1COCc1ccccc1C(=O)NN. The van der Waals surface area contributed by atoms with Gasteiger partial charge in [-0.3, -0.25) is 10.2 Å². The van der Waals surface area contributed by atoms with Gasteiger partial charge in [-0.15, -0.1) is 0 Å². The minimum absolute atomic E-state index is 0.279. The molecule has 0 saturated heterocycles. The molecule has 20 heavy (non-hydrogen) atoms. The van der Waals surface area contributed by atoms with Crippen LogP contribution in [0.25, 0.3) is 0 Å². The molecule has 0 bridgehead atoms. The topological polar surface area (TPSA) is 64.3 Å². The number of nitrogens with two attached hydrogens (primary N) is 1. The highest BCUT2D eigenvalue weighted by atomic mass is 16.5. The summed E-state index contributed by atoms with van der Waals surface area (Å²) in [5.41, 5.74) is 3.61. The number of nitrogens with one attached hydrogen (secondary N) is 1. The monoisotopic (exact) mass is 274 g/mol. The Hall–Kier alpha value is -1.65. The summed E-state index contributed by atoms with van der Waals surface area (Å²) >= 11 is 0. The summed E-state index contributed by atoms with van der Waals surface area (Å²) in [5, 5.41) is 0. The molecule has 0 spiro atoms. The number of allylic oxidation sites excluding steroid dienone is 2. The number of hydrogen-bond acceptors (Lipinski definition) is 3. The Balaban J connectivity index is 1.91. The van der Waals surface area contributed by atoms with Gasteiger partial charge in [0, 0.05) is 5.56 Å². The van der Waals surface area contributed by atoms with E-state index in [0.29, 0.717) is 24.0 Å². The van der Waals surface area contributed by atoms with Crippen LogP contribution in [0.3, 0.4) is 0 Å². The Morgan fingerprint density at radius 1 is 1.35 bits per heavy atom. The van der Waals surface area contributed by atoms with Crippen LogP contribution in [0.1, 0.15) is 35.7 Å². The highest BCUT2D eigenvalue weighted by Gasteiger charge is 2.18. The van der Waals surface area contributed by atoms with Crippen molar-refractivity contribution in [3.05, 3.63) is 47.5 Å². The van der Waals surface area contributed by atoms with Crippen molar-refractivity contribution in [2.75, 3.05) is 6.61 Å². The van der Waals surface area contributed by atoms with Gasteiger partial charge >= 0.3 is 0 Å². The minimum Gasteiger partial charge on any atom is -0.376 e. The zero-order chi connectivity index (χ0) is 14.4. The number of hydrogen-bond donors (Lipinski definition) is 2. The van der Waals surface area contributed by atoms with E-state index in [1.54, 1.807) is 6.07 Å². The van der Waals surface area contributed by atoms with Crippen LogP contribution in [0, 0.1) is 11.8 Å². The first kappa shape index (κ1) is 14.8. The lowest BCUT2D eigenvalue weighted by Crippen LogP contribution is -2.31. The van der Waals surface area contributed by atoms with E-state index in [9.17, 15) is 4.79 Å². The Bertz CT molecular complexity index is 485. The molecule has 108 valence electrons. The van der Waals surface area contributed by atoms with Crippen LogP contribution >= 0.6 is 0 Å². The van der Waals surface area contributed by atoms with Crippen molar-refractivity contribution in [2.45, 2.75) is 26.4 Å². The quantitative estimate of drug-likeness (QED) is 0.375. The van der Waals surface area contributed by atoms with E-state index >= 15 is 0 Å². The summed E-state index contributed by atoms with van der Waals surface area (Å²) in [5.74, 6) is 6.13. The lowest BCUT2D eigenvalue weighted by Gasteiger charge is -2.25. The Labute approximate surface area is 120 Å². The second kappa shape index (κ2) is 7.22. The molecule has 0 heterocycles. The summed E-state index contributed by atoms with van der Waals surface area (Å²) in [7, 11) is 0. The van der Waals surface area contributed by atoms with E-state index in [-0.39, 0.29) is 5.91 Å². The van der Waals surface area contributed by atoms with Gasteiger partial charge in [0.05, 0.1) is 13.2 Å². The fraction of sp³-hybridized carbons (Fsp3) is 0.438. The van der Waals surface area contributed by atoms with Crippen molar-refractivity contribution in [3.8, 4) is 0 Å². The van der Waals surface area contributed by atoms with Crippen LogP contribution in [0.15, 0.2) is 36.4 Å². The molecule has 3 N–H and O–H groups in total. The number of benzene rings is 1. The van der Waals surface area contributed by atoms with Gasteiger partial charge < -0.3 is 4.74 Å². The number of nitrogen functional groups attached to an aromatic ring is 1. The first-order valence-corrected chi connectivity index (χ1v) is 7.04.